The normalized spacial score (nSPS) is 10.9. The van der Waals surface area contributed by atoms with Crippen molar-refractivity contribution in [1.82, 2.24) is 0 Å². The second-order valence-corrected chi connectivity index (χ2v) is 6.06. The van der Waals surface area contributed by atoms with Gasteiger partial charge in [0.25, 0.3) is 5.91 Å². The molecule has 5 nitrogen and oxygen atoms in total. The van der Waals surface area contributed by atoms with Gasteiger partial charge in [0, 0.05) is 23.4 Å². The quantitative estimate of drug-likeness (QED) is 0.660. The van der Waals surface area contributed by atoms with Crippen LogP contribution in [0.1, 0.15) is 11.3 Å². The minimum atomic E-state index is -1.17. The fourth-order valence-corrected chi connectivity index (χ4v) is 2.63. The summed E-state index contributed by atoms with van der Waals surface area (Å²) in [6, 6.07) is 20.7. The van der Waals surface area contributed by atoms with Crippen molar-refractivity contribution in [2.75, 3.05) is 4.90 Å². The van der Waals surface area contributed by atoms with Crippen LogP contribution in [0.2, 0.25) is 0 Å². The van der Waals surface area contributed by atoms with E-state index in [0.717, 1.165) is 23.3 Å². The number of aryl methyl sites for hydroxylation is 1. The van der Waals surface area contributed by atoms with E-state index in [-0.39, 0.29) is 6.54 Å². The van der Waals surface area contributed by atoms with Crippen LogP contribution in [0.15, 0.2) is 83.3 Å². The Morgan fingerprint density at radius 2 is 1.67 bits per heavy atom. The second kappa shape index (κ2) is 8.19. The number of para-hydroxylation sites is 1. The van der Waals surface area contributed by atoms with Gasteiger partial charge >= 0.3 is 5.97 Å². The van der Waals surface area contributed by atoms with Gasteiger partial charge < -0.3 is 14.4 Å². The van der Waals surface area contributed by atoms with Crippen LogP contribution in [0.3, 0.4) is 0 Å². The highest BCUT2D eigenvalue weighted by Crippen LogP contribution is 2.25. The highest BCUT2D eigenvalue weighted by atomic mass is 16.4. The Morgan fingerprint density at radius 1 is 0.963 bits per heavy atom. The minimum absolute atomic E-state index is 0.193. The zero-order chi connectivity index (χ0) is 19.2. The minimum Gasteiger partial charge on any atom is -0.478 e. The first-order chi connectivity index (χ1) is 13.0. The van der Waals surface area contributed by atoms with Crippen LogP contribution >= 0.6 is 0 Å². The van der Waals surface area contributed by atoms with Gasteiger partial charge in [0.15, 0.2) is 0 Å². The number of anilines is 1. The summed E-state index contributed by atoms with van der Waals surface area (Å²) in [7, 11) is 0. The third-order valence-corrected chi connectivity index (χ3v) is 4.01. The third-order valence-electron chi connectivity index (χ3n) is 4.01. The predicted octanol–water partition coefficient (Wildman–Crippen LogP) is 4.43. The molecule has 1 aromatic heterocycles. The van der Waals surface area contributed by atoms with Gasteiger partial charge in [-0.15, -0.1) is 0 Å². The zero-order valence-corrected chi connectivity index (χ0v) is 14.8. The molecule has 0 saturated heterocycles. The summed E-state index contributed by atoms with van der Waals surface area (Å²) < 4.78 is 5.90. The molecular weight excluding hydrogens is 342 g/mol. The summed E-state index contributed by atoms with van der Waals surface area (Å²) in [5.74, 6) is -0.286. The first-order valence-corrected chi connectivity index (χ1v) is 8.46. The van der Waals surface area contributed by atoms with Crippen LogP contribution < -0.4 is 4.90 Å². The number of furan rings is 1. The average Bonchev–Trinajstić information content (AvgIpc) is 3.14. The van der Waals surface area contributed by atoms with Crippen LogP contribution in [0.5, 0.6) is 0 Å². The molecule has 0 radical (unpaired) electrons. The molecule has 1 heterocycles. The van der Waals surface area contributed by atoms with E-state index in [0.29, 0.717) is 17.2 Å². The molecular formula is C22H19NO4. The highest BCUT2D eigenvalue weighted by molar-refractivity contribution is 6.03. The van der Waals surface area contributed by atoms with Gasteiger partial charge in [-0.05, 0) is 31.2 Å². The predicted molar refractivity (Wildman–Crippen MR) is 103 cm³/mol. The molecule has 0 fully saturated rings. The number of nitrogens with zero attached hydrogens (tertiary/aromatic N) is 1. The first-order valence-electron chi connectivity index (χ1n) is 8.46. The summed E-state index contributed by atoms with van der Waals surface area (Å²) >= 11 is 0. The Hall–Kier alpha value is -3.60. The van der Waals surface area contributed by atoms with Crippen molar-refractivity contribution in [3.05, 3.63) is 90.2 Å². The number of rotatable bonds is 6. The van der Waals surface area contributed by atoms with Crippen molar-refractivity contribution in [1.29, 1.82) is 0 Å². The molecule has 0 spiro atoms. The molecule has 2 aromatic carbocycles. The summed E-state index contributed by atoms with van der Waals surface area (Å²) in [5, 5.41) is 8.78. The van der Waals surface area contributed by atoms with Gasteiger partial charge in [-0.2, -0.15) is 0 Å². The van der Waals surface area contributed by atoms with Crippen LogP contribution in [0.25, 0.3) is 11.3 Å². The Kier molecular flexibility index (Phi) is 5.52. The van der Waals surface area contributed by atoms with Crippen molar-refractivity contribution in [3.63, 3.8) is 0 Å². The van der Waals surface area contributed by atoms with Crippen LogP contribution in [-0.4, -0.2) is 17.0 Å². The number of carbonyl (C=O) groups is 2. The van der Waals surface area contributed by atoms with Crippen molar-refractivity contribution in [2.24, 2.45) is 0 Å². The van der Waals surface area contributed by atoms with E-state index in [9.17, 15) is 9.59 Å². The van der Waals surface area contributed by atoms with E-state index in [1.54, 1.807) is 12.1 Å². The first kappa shape index (κ1) is 18.2. The summed E-state index contributed by atoms with van der Waals surface area (Å²) in [5.41, 5.74) is 2.78. The van der Waals surface area contributed by atoms with E-state index in [1.807, 2.05) is 61.5 Å². The molecule has 0 bridgehead atoms. The molecule has 3 aromatic rings. The third kappa shape index (κ3) is 4.73. The number of carboxylic acids is 1. The lowest BCUT2D eigenvalue weighted by molar-refractivity contribution is -0.131. The molecule has 136 valence electrons. The number of carboxylic acid groups (broad SMARTS) is 1. The standard InChI is InChI=1S/C22H19NO4/c1-16-7-9-17(10-8-16)20-12-11-19(27-20)15-23(18-5-3-2-4-6-18)21(24)13-14-22(25)26/h2-14H,15H2,1H3,(H,25,26)/b14-13-. The zero-order valence-electron chi connectivity index (χ0n) is 14.8. The van der Waals surface area contributed by atoms with E-state index < -0.39 is 11.9 Å². The molecule has 0 atom stereocenters. The SMILES string of the molecule is Cc1ccc(-c2ccc(CN(C(=O)/C=C\C(=O)O)c3ccccc3)o2)cc1. The summed E-state index contributed by atoms with van der Waals surface area (Å²) in [6.45, 7) is 2.21. The van der Waals surface area contributed by atoms with E-state index >= 15 is 0 Å². The maximum absolute atomic E-state index is 12.5. The van der Waals surface area contributed by atoms with Crippen molar-refractivity contribution in [3.8, 4) is 11.3 Å². The number of carbonyl (C=O) groups excluding carboxylic acids is 1. The Balaban J connectivity index is 1.85. The number of amides is 1. The van der Waals surface area contributed by atoms with Gasteiger partial charge in [0.2, 0.25) is 0 Å². The van der Waals surface area contributed by atoms with Crippen molar-refractivity contribution in [2.45, 2.75) is 13.5 Å². The van der Waals surface area contributed by atoms with Crippen LogP contribution in [0.4, 0.5) is 5.69 Å². The Bertz CT molecular complexity index is 955. The Labute approximate surface area is 157 Å². The molecule has 27 heavy (non-hydrogen) atoms. The molecule has 3 rings (SSSR count). The number of aliphatic carboxylic acids is 1. The molecule has 1 N–H and O–H groups in total. The van der Waals surface area contributed by atoms with Crippen molar-refractivity contribution >= 4 is 17.6 Å². The molecule has 0 aliphatic heterocycles. The van der Waals surface area contributed by atoms with Gasteiger partial charge in [-0.1, -0.05) is 48.0 Å². The molecule has 0 aliphatic carbocycles. The highest BCUT2D eigenvalue weighted by Gasteiger charge is 2.16. The molecule has 0 unspecified atom stereocenters. The molecule has 0 saturated carbocycles. The van der Waals surface area contributed by atoms with Gasteiger partial charge in [0.05, 0.1) is 6.54 Å². The van der Waals surface area contributed by atoms with E-state index in [1.165, 1.54) is 4.90 Å². The molecule has 1 amide bonds. The average molecular weight is 361 g/mol. The van der Waals surface area contributed by atoms with Crippen LogP contribution in [-0.2, 0) is 16.1 Å². The lowest BCUT2D eigenvalue weighted by Gasteiger charge is -2.20. The fraction of sp³-hybridized carbons (Fsp3) is 0.0909. The van der Waals surface area contributed by atoms with Crippen molar-refractivity contribution < 1.29 is 19.1 Å². The van der Waals surface area contributed by atoms with Crippen LogP contribution in [0, 0.1) is 6.92 Å². The molecule has 5 heteroatoms. The summed E-state index contributed by atoms with van der Waals surface area (Å²) in [4.78, 5) is 24.7. The number of hydrogen-bond acceptors (Lipinski definition) is 3. The Morgan fingerprint density at radius 3 is 2.33 bits per heavy atom. The van der Waals surface area contributed by atoms with Gasteiger partial charge in [-0.25, -0.2) is 4.79 Å². The topological polar surface area (TPSA) is 70.8 Å². The smallest absolute Gasteiger partial charge is 0.328 e. The fourth-order valence-electron chi connectivity index (χ4n) is 2.63. The van der Waals surface area contributed by atoms with Gasteiger partial charge in [0.1, 0.15) is 11.5 Å². The maximum Gasteiger partial charge on any atom is 0.328 e. The lowest BCUT2D eigenvalue weighted by Crippen LogP contribution is -2.28. The second-order valence-electron chi connectivity index (χ2n) is 6.06. The summed E-state index contributed by atoms with van der Waals surface area (Å²) in [6.07, 6.45) is 1.87. The van der Waals surface area contributed by atoms with E-state index in [2.05, 4.69) is 0 Å². The van der Waals surface area contributed by atoms with Gasteiger partial charge in [-0.3, -0.25) is 4.79 Å². The number of benzene rings is 2. The number of hydrogen-bond donors (Lipinski definition) is 1. The largest absolute Gasteiger partial charge is 0.478 e. The molecule has 0 aliphatic rings. The van der Waals surface area contributed by atoms with E-state index in [4.69, 9.17) is 9.52 Å². The lowest BCUT2D eigenvalue weighted by atomic mass is 10.1. The monoisotopic (exact) mass is 361 g/mol. The maximum atomic E-state index is 12.5.